The van der Waals surface area contributed by atoms with E-state index in [0.29, 0.717) is 0 Å². The van der Waals surface area contributed by atoms with Gasteiger partial charge < -0.3 is 5.32 Å². The van der Waals surface area contributed by atoms with Crippen LogP contribution in [0.1, 0.15) is 18.5 Å². The standard InChI is InChI=1S/C12H13Br2N3/c1-8(15-2)11-4-3-9(13)5-12(11)17-7-10(14)6-16-17/h3-8,15H,1-2H3. The van der Waals surface area contributed by atoms with E-state index in [1.54, 1.807) is 6.20 Å². The number of benzene rings is 1. The predicted octanol–water partition coefficient (Wildman–Crippen LogP) is 3.68. The zero-order chi connectivity index (χ0) is 12.4. The van der Waals surface area contributed by atoms with Gasteiger partial charge >= 0.3 is 0 Å². The van der Waals surface area contributed by atoms with Gasteiger partial charge in [0.05, 0.1) is 16.4 Å². The van der Waals surface area contributed by atoms with Crippen molar-refractivity contribution in [3.8, 4) is 5.69 Å². The summed E-state index contributed by atoms with van der Waals surface area (Å²) in [6.07, 6.45) is 3.74. The number of hydrogen-bond donors (Lipinski definition) is 1. The molecule has 0 amide bonds. The Kier molecular flexibility index (Phi) is 4.01. The highest BCUT2D eigenvalue weighted by atomic mass is 79.9. The molecule has 1 aromatic heterocycles. The van der Waals surface area contributed by atoms with Crippen LogP contribution in [0.15, 0.2) is 39.5 Å². The fraction of sp³-hybridized carbons (Fsp3) is 0.250. The molecule has 0 bridgehead atoms. The summed E-state index contributed by atoms with van der Waals surface area (Å²) in [7, 11) is 1.95. The zero-order valence-corrected chi connectivity index (χ0v) is 12.8. The van der Waals surface area contributed by atoms with Crippen molar-refractivity contribution in [1.29, 1.82) is 0 Å². The minimum absolute atomic E-state index is 0.279. The minimum Gasteiger partial charge on any atom is -0.313 e. The smallest absolute Gasteiger partial charge is 0.0704 e. The van der Waals surface area contributed by atoms with Gasteiger partial charge in [-0.3, -0.25) is 0 Å². The van der Waals surface area contributed by atoms with Crippen molar-refractivity contribution in [3.05, 3.63) is 45.1 Å². The molecule has 0 aliphatic carbocycles. The summed E-state index contributed by atoms with van der Waals surface area (Å²) < 4.78 is 3.89. The fourth-order valence-corrected chi connectivity index (χ4v) is 2.30. The molecule has 0 saturated heterocycles. The second-order valence-electron chi connectivity index (χ2n) is 3.82. The van der Waals surface area contributed by atoms with E-state index in [1.165, 1.54) is 5.56 Å². The Morgan fingerprint density at radius 2 is 2.06 bits per heavy atom. The summed E-state index contributed by atoms with van der Waals surface area (Å²) in [6, 6.07) is 6.50. The normalized spacial score (nSPS) is 12.7. The molecule has 0 spiro atoms. The topological polar surface area (TPSA) is 29.9 Å². The molecule has 0 saturated carbocycles. The molecule has 0 radical (unpaired) electrons. The van der Waals surface area contributed by atoms with E-state index in [9.17, 15) is 0 Å². The number of nitrogens with one attached hydrogen (secondary N) is 1. The van der Waals surface area contributed by atoms with Crippen LogP contribution in [-0.2, 0) is 0 Å². The van der Waals surface area contributed by atoms with Gasteiger partial charge in [-0.15, -0.1) is 0 Å². The van der Waals surface area contributed by atoms with Crippen LogP contribution in [0.4, 0.5) is 0 Å². The Bertz CT molecular complexity index is 522. The van der Waals surface area contributed by atoms with Gasteiger partial charge in [-0.05, 0) is 47.6 Å². The van der Waals surface area contributed by atoms with Crippen molar-refractivity contribution in [2.45, 2.75) is 13.0 Å². The Morgan fingerprint density at radius 3 is 2.65 bits per heavy atom. The van der Waals surface area contributed by atoms with Crippen molar-refractivity contribution < 1.29 is 0 Å². The molecule has 1 atom stereocenters. The lowest BCUT2D eigenvalue weighted by atomic mass is 10.1. The predicted molar refractivity (Wildman–Crippen MR) is 76.4 cm³/mol. The van der Waals surface area contributed by atoms with Gasteiger partial charge in [0, 0.05) is 16.7 Å². The quantitative estimate of drug-likeness (QED) is 0.906. The molecule has 0 fully saturated rings. The van der Waals surface area contributed by atoms with Gasteiger partial charge in [-0.25, -0.2) is 4.68 Å². The van der Waals surface area contributed by atoms with E-state index >= 15 is 0 Å². The summed E-state index contributed by atoms with van der Waals surface area (Å²) in [5.41, 5.74) is 2.29. The largest absolute Gasteiger partial charge is 0.313 e. The Labute approximate surface area is 117 Å². The first kappa shape index (κ1) is 12.8. The van der Waals surface area contributed by atoms with Gasteiger partial charge in [-0.2, -0.15) is 5.10 Å². The van der Waals surface area contributed by atoms with Crippen LogP contribution in [0.3, 0.4) is 0 Å². The second-order valence-corrected chi connectivity index (χ2v) is 5.65. The molecule has 3 nitrogen and oxygen atoms in total. The Balaban J connectivity index is 2.54. The highest BCUT2D eigenvalue weighted by Crippen LogP contribution is 2.25. The lowest BCUT2D eigenvalue weighted by Crippen LogP contribution is -2.15. The summed E-state index contributed by atoms with van der Waals surface area (Å²) in [6.45, 7) is 2.13. The average Bonchev–Trinajstić information content (AvgIpc) is 2.75. The van der Waals surface area contributed by atoms with Crippen LogP contribution in [0.2, 0.25) is 0 Å². The maximum absolute atomic E-state index is 4.33. The molecule has 1 N–H and O–H groups in total. The van der Waals surface area contributed by atoms with E-state index in [-0.39, 0.29) is 6.04 Å². The molecule has 17 heavy (non-hydrogen) atoms. The van der Waals surface area contributed by atoms with E-state index in [0.717, 1.165) is 14.6 Å². The van der Waals surface area contributed by atoms with Gasteiger partial charge in [0.25, 0.3) is 0 Å². The van der Waals surface area contributed by atoms with Crippen LogP contribution in [0.25, 0.3) is 5.69 Å². The van der Waals surface area contributed by atoms with E-state index in [4.69, 9.17) is 0 Å². The molecular formula is C12H13Br2N3. The lowest BCUT2D eigenvalue weighted by molar-refractivity contribution is 0.644. The monoisotopic (exact) mass is 357 g/mol. The highest BCUT2D eigenvalue weighted by molar-refractivity contribution is 9.10. The van der Waals surface area contributed by atoms with E-state index < -0.39 is 0 Å². The van der Waals surface area contributed by atoms with Crippen LogP contribution in [0, 0.1) is 0 Å². The van der Waals surface area contributed by atoms with Crippen molar-refractivity contribution in [3.63, 3.8) is 0 Å². The van der Waals surface area contributed by atoms with Gasteiger partial charge in [-0.1, -0.05) is 22.0 Å². The molecule has 2 aromatic rings. The number of halogens is 2. The van der Waals surface area contributed by atoms with Crippen LogP contribution < -0.4 is 5.32 Å². The average molecular weight is 359 g/mol. The molecule has 2 rings (SSSR count). The van der Waals surface area contributed by atoms with Crippen LogP contribution in [-0.4, -0.2) is 16.8 Å². The van der Waals surface area contributed by atoms with Gasteiger partial charge in [0.15, 0.2) is 0 Å². The van der Waals surface area contributed by atoms with Gasteiger partial charge in [0.2, 0.25) is 0 Å². The molecule has 90 valence electrons. The van der Waals surface area contributed by atoms with Gasteiger partial charge in [0.1, 0.15) is 0 Å². The molecule has 0 aliphatic rings. The highest BCUT2D eigenvalue weighted by Gasteiger charge is 2.11. The Hall–Kier alpha value is -0.650. The first-order valence-corrected chi connectivity index (χ1v) is 6.87. The van der Waals surface area contributed by atoms with Crippen molar-refractivity contribution in [1.82, 2.24) is 15.1 Å². The van der Waals surface area contributed by atoms with Crippen LogP contribution >= 0.6 is 31.9 Å². The molecule has 1 unspecified atom stereocenters. The van der Waals surface area contributed by atoms with E-state index in [2.05, 4.69) is 61.3 Å². The fourth-order valence-electron chi connectivity index (χ4n) is 1.67. The second kappa shape index (κ2) is 5.33. The van der Waals surface area contributed by atoms with Crippen LogP contribution in [0.5, 0.6) is 0 Å². The zero-order valence-electron chi connectivity index (χ0n) is 9.61. The number of rotatable bonds is 3. The third-order valence-corrected chi connectivity index (χ3v) is 3.59. The lowest BCUT2D eigenvalue weighted by Gasteiger charge is -2.16. The molecular weight excluding hydrogens is 346 g/mol. The molecule has 1 heterocycles. The van der Waals surface area contributed by atoms with Crippen molar-refractivity contribution in [2.75, 3.05) is 7.05 Å². The minimum atomic E-state index is 0.279. The molecule has 0 aliphatic heterocycles. The maximum atomic E-state index is 4.33. The number of hydrogen-bond acceptors (Lipinski definition) is 2. The Morgan fingerprint density at radius 1 is 1.29 bits per heavy atom. The summed E-state index contributed by atoms with van der Waals surface area (Å²) in [4.78, 5) is 0. The number of aromatic nitrogens is 2. The molecule has 1 aromatic carbocycles. The summed E-state index contributed by atoms with van der Waals surface area (Å²) in [5, 5.41) is 7.58. The SMILES string of the molecule is CNC(C)c1ccc(Br)cc1-n1cc(Br)cn1. The maximum Gasteiger partial charge on any atom is 0.0704 e. The summed E-state index contributed by atoms with van der Waals surface area (Å²) >= 11 is 6.91. The summed E-state index contributed by atoms with van der Waals surface area (Å²) in [5.74, 6) is 0. The van der Waals surface area contributed by atoms with Crippen molar-refractivity contribution >= 4 is 31.9 Å². The van der Waals surface area contributed by atoms with Crippen molar-refractivity contribution in [2.24, 2.45) is 0 Å². The molecule has 5 heteroatoms. The first-order chi connectivity index (χ1) is 8.11. The van der Waals surface area contributed by atoms with E-state index in [1.807, 2.05) is 24.0 Å². The third-order valence-electron chi connectivity index (χ3n) is 2.69. The number of nitrogens with zero attached hydrogens (tertiary/aromatic N) is 2. The first-order valence-electron chi connectivity index (χ1n) is 5.29. The third kappa shape index (κ3) is 2.78.